The molecule has 3 heterocycles. The minimum atomic E-state index is -1.18. The van der Waals surface area contributed by atoms with Crippen molar-refractivity contribution in [2.45, 2.75) is 44.0 Å². The van der Waals surface area contributed by atoms with Gasteiger partial charge in [-0.15, -0.1) is 0 Å². The predicted molar refractivity (Wildman–Crippen MR) is 140 cm³/mol. The van der Waals surface area contributed by atoms with Gasteiger partial charge in [-0.3, -0.25) is 19.4 Å². The summed E-state index contributed by atoms with van der Waals surface area (Å²) >= 11 is 0. The Bertz CT molecular complexity index is 1180. The molecular weight excluding hydrogens is 486 g/mol. The number of ether oxygens (including phenoxy) is 2. The number of aromatic nitrogens is 1. The Hall–Kier alpha value is -3.76. The summed E-state index contributed by atoms with van der Waals surface area (Å²) in [4.78, 5) is 47.4. The average molecular weight is 522 g/mol. The number of nitrogens with two attached hydrogens (primary N) is 1. The molecule has 10 nitrogen and oxygen atoms in total. The van der Waals surface area contributed by atoms with Crippen molar-refractivity contribution in [1.82, 2.24) is 20.1 Å². The van der Waals surface area contributed by atoms with Crippen LogP contribution < -0.4 is 11.1 Å². The van der Waals surface area contributed by atoms with E-state index in [4.69, 9.17) is 15.2 Å². The number of pyridine rings is 1. The Morgan fingerprint density at radius 1 is 1.16 bits per heavy atom. The molecule has 38 heavy (non-hydrogen) atoms. The van der Waals surface area contributed by atoms with Gasteiger partial charge in [0.15, 0.2) is 0 Å². The zero-order chi connectivity index (χ0) is 27.3. The van der Waals surface area contributed by atoms with E-state index >= 15 is 0 Å². The highest BCUT2D eigenvalue weighted by atomic mass is 16.5. The number of hydrogen-bond donors (Lipinski definition) is 2. The lowest BCUT2D eigenvalue weighted by atomic mass is 9.87. The van der Waals surface area contributed by atoms with E-state index in [1.54, 1.807) is 29.8 Å². The molecule has 2 atom stereocenters. The van der Waals surface area contributed by atoms with Crippen molar-refractivity contribution in [3.05, 3.63) is 77.8 Å². The van der Waals surface area contributed by atoms with E-state index < -0.39 is 23.0 Å². The maximum atomic E-state index is 13.9. The van der Waals surface area contributed by atoms with E-state index in [1.165, 1.54) is 13.2 Å². The van der Waals surface area contributed by atoms with Gasteiger partial charge >= 0.3 is 0 Å². The Labute approximate surface area is 222 Å². The van der Waals surface area contributed by atoms with Crippen LogP contribution in [0, 0.1) is 0 Å². The first-order valence-electron chi connectivity index (χ1n) is 12.6. The van der Waals surface area contributed by atoms with Crippen molar-refractivity contribution in [3.63, 3.8) is 0 Å². The molecule has 0 spiro atoms. The Balaban J connectivity index is 1.56. The Morgan fingerprint density at radius 2 is 1.89 bits per heavy atom. The van der Waals surface area contributed by atoms with E-state index in [1.807, 2.05) is 48.5 Å². The summed E-state index contributed by atoms with van der Waals surface area (Å²) in [6, 6.07) is 14.2. The van der Waals surface area contributed by atoms with Gasteiger partial charge in [-0.25, -0.2) is 0 Å². The molecule has 0 aliphatic carbocycles. The summed E-state index contributed by atoms with van der Waals surface area (Å²) in [7, 11) is 1.52. The number of carbonyl (C=O) groups is 3. The second-order valence-corrected chi connectivity index (χ2v) is 10.2. The van der Waals surface area contributed by atoms with Gasteiger partial charge in [-0.05, 0) is 31.5 Å². The summed E-state index contributed by atoms with van der Waals surface area (Å²) in [6.07, 6.45) is 3.55. The van der Waals surface area contributed by atoms with Crippen molar-refractivity contribution >= 4 is 17.7 Å². The number of nitrogens with zero attached hydrogens (tertiary/aromatic N) is 3. The molecule has 1 aromatic heterocycles. The molecule has 1 fully saturated rings. The maximum absolute atomic E-state index is 13.9. The van der Waals surface area contributed by atoms with Crippen LogP contribution in [0.5, 0.6) is 0 Å². The smallest absolute Gasteiger partial charge is 0.251 e. The minimum absolute atomic E-state index is 0.0328. The highest BCUT2D eigenvalue weighted by Crippen LogP contribution is 2.38. The number of methoxy groups -OCH3 is 1. The number of rotatable bonds is 10. The normalized spacial score (nSPS) is 20.0. The third-order valence-corrected chi connectivity index (χ3v) is 6.86. The van der Waals surface area contributed by atoms with Gasteiger partial charge in [0.1, 0.15) is 17.3 Å². The molecule has 0 saturated carbocycles. The van der Waals surface area contributed by atoms with Gasteiger partial charge in [-0.2, -0.15) is 0 Å². The van der Waals surface area contributed by atoms with Crippen LogP contribution in [0.3, 0.4) is 0 Å². The zero-order valence-corrected chi connectivity index (χ0v) is 22.1. The molecule has 0 bridgehead atoms. The summed E-state index contributed by atoms with van der Waals surface area (Å²) in [5.74, 6) is -0.458. The van der Waals surface area contributed by atoms with Crippen LogP contribution in [-0.2, 0) is 36.9 Å². The first-order valence-corrected chi connectivity index (χ1v) is 12.6. The average Bonchev–Trinajstić information content (AvgIpc) is 3.18. The van der Waals surface area contributed by atoms with Gasteiger partial charge in [0.25, 0.3) is 5.91 Å². The first kappa shape index (κ1) is 27.3. The highest BCUT2D eigenvalue weighted by Gasteiger charge is 2.53. The van der Waals surface area contributed by atoms with Crippen molar-refractivity contribution < 1.29 is 23.9 Å². The minimum Gasteiger partial charge on any atom is -0.498 e. The fourth-order valence-electron chi connectivity index (χ4n) is 4.86. The van der Waals surface area contributed by atoms with E-state index in [9.17, 15) is 14.4 Å². The molecule has 1 unspecified atom stereocenters. The maximum Gasteiger partial charge on any atom is 0.251 e. The number of nitrogens with one attached hydrogen (secondary N) is 1. The Kier molecular flexibility index (Phi) is 8.13. The summed E-state index contributed by atoms with van der Waals surface area (Å²) < 4.78 is 11.5. The van der Waals surface area contributed by atoms with Gasteiger partial charge in [0.05, 0.1) is 32.4 Å². The van der Waals surface area contributed by atoms with Crippen LogP contribution in [0.4, 0.5) is 0 Å². The SMILES string of the molecule is COC1=CC(=O)N2CCN(C(=O)[C@@H](COCc3ccccc3)NC(=O)C(C)(C)N)CC12Cc1ccccn1. The quantitative estimate of drug-likeness (QED) is 0.478. The number of piperazine rings is 1. The van der Waals surface area contributed by atoms with Crippen LogP contribution >= 0.6 is 0 Å². The van der Waals surface area contributed by atoms with E-state index in [-0.39, 0.29) is 31.6 Å². The monoisotopic (exact) mass is 521 g/mol. The summed E-state index contributed by atoms with van der Waals surface area (Å²) in [5, 5.41) is 2.78. The molecule has 10 heteroatoms. The zero-order valence-electron chi connectivity index (χ0n) is 22.1. The highest BCUT2D eigenvalue weighted by molar-refractivity contribution is 5.94. The topological polar surface area (TPSA) is 127 Å². The number of amides is 3. The number of fused-ring (bicyclic) bond motifs is 1. The van der Waals surface area contributed by atoms with E-state index in [0.717, 1.165) is 11.3 Å². The van der Waals surface area contributed by atoms with Gasteiger partial charge in [-0.1, -0.05) is 36.4 Å². The standard InChI is InChI=1S/C28H35N5O5/c1-27(2,29)26(36)31-22(18-38-17-20-9-5-4-6-10-20)25(35)32-13-14-33-24(34)15-23(37-3)28(33,19-32)16-21-11-7-8-12-30-21/h4-12,15,22H,13-14,16-19,29H2,1-3H3,(H,31,36)/t22-,28?/m1/s1. The molecule has 4 rings (SSSR count). The lowest BCUT2D eigenvalue weighted by Gasteiger charge is -2.48. The third kappa shape index (κ3) is 5.87. The van der Waals surface area contributed by atoms with Gasteiger partial charge in [0.2, 0.25) is 11.8 Å². The predicted octanol–water partition coefficient (Wildman–Crippen LogP) is 1.02. The molecular formula is C28H35N5O5. The molecule has 0 radical (unpaired) electrons. The molecule has 1 saturated heterocycles. The third-order valence-electron chi connectivity index (χ3n) is 6.86. The fourth-order valence-corrected chi connectivity index (χ4v) is 4.86. The van der Waals surface area contributed by atoms with Gasteiger partial charge < -0.3 is 30.3 Å². The van der Waals surface area contributed by atoms with Crippen molar-refractivity contribution in [2.75, 3.05) is 33.4 Å². The van der Waals surface area contributed by atoms with Crippen molar-refractivity contribution in [3.8, 4) is 0 Å². The summed E-state index contributed by atoms with van der Waals surface area (Å²) in [5.41, 5.74) is 5.64. The molecule has 202 valence electrons. The molecule has 3 N–H and O–H groups in total. The number of hydrogen-bond acceptors (Lipinski definition) is 7. The fraction of sp³-hybridized carbons (Fsp3) is 0.429. The van der Waals surface area contributed by atoms with Crippen molar-refractivity contribution in [1.29, 1.82) is 0 Å². The van der Waals surface area contributed by atoms with Crippen LogP contribution in [0.1, 0.15) is 25.1 Å². The second kappa shape index (κ2) is 11.3. The first-order chi connectivity index (χ1) is 18.1. The lowest BCUT2D eigenvalue weighted by molar-refractivity contribution is -0.147. The Morgan fingerprint density at radius 3 is 2.55 bits per heavy atom. The molecule has 1 aromatic carbocycles. The molecule has 2 aliphatic rings. The van der Waals surface area contributed by atoms with Crippen LogP contribution in [0.15, 0.2) is 66.6 Å². The van der Waals surface area contributed by atoms with Crippen molar-refractivity contribution in [2.24, 2.45) is 5.73 Å². The van der Waals surface area contributed by atoms with Gasteiger partial charge in [0, 0.05) is 37.5 Å². The van der Waals surface area contributed by atoms with Crippen LogP contribution in [0.25, 0.3) is 0 Å². The molecule has 3 amide bonds. The largest absolute Gasteiger partial charge is 0.498 e. The van der Waals surface area contributed by atoms with E-state index in [0.29, 0.717) is 25.3 Å². The van der Waals surface area contributed by atoms with E-state index in [2.05, 4.69) is 10.3 Å². The molecule has 2 aromatic rings. The van der Waals surface area contributed by atoms with Crippen LogP contribution in [0.2, 0.25) is 0 Å². The summed E-state index contributed by atoms with van der Waals surface area (Å²) in [6.45, 7) is 4.21. The van der Waals surface area contributed by atoms with Crippen LogP contribution in [-0.4, -0.2) is 83.0 Å². The second-order valence-electron chi connectivity index (χ2n) is 10.2. The number of benzene rings is 1. The number of carbonyl (C=O) groups excluding carboxylic acids is 3. The molecule has 2 aliphatic heterocycles. The lowest BCUT2D eigenvalue weighted by Crippen LogP contribution is -2.66.